The lowest BCUT2D eigenvalue weighted by Gasteiger charge is -2.09. The van der Waals surface area contributed by atoms with E-state index in [0.717, 1.165) is 10.2 Å². The highest BCUT2D eigenvalue weighted by atomic mass is 79.9. The van der Waals surface area contributed by atoms with Gasteiger partial charge in [-0.05, 0) is 25.1 Å². The molecule has 0 atom stereocenters. The normalized spacial score (nSPS) is 9.79. The van der Waals surface area contributed by atoms with Crippen LogP contribution >= 0.6 is 15.9 Å². The minimum atomic E-state index is 0.316. The van der Waals surface area contributed by atoms with E-state index < -0.39 is 0 Å². The van der Waals surface area contributed by atoms with Gasteiger partial charge >= 0.3 is 0 Å². The van der Waals surface area contributed by atoms with E-state index in [1.54, 1.807) is 12.1 Å². The maximum Gasteiger partial charge on any atom is 0.239 e. The first-order valence-electron chi connectivity index (χ1n) is 5.41. The first-order valence-corrected chi connectivity index (χ1v) is 6.20. The molecule has 19 heavy (non-hydrogen) atoms. The van der Waals surface area contributed by atoms with Gasteiger partial charge in [0.05, 0.1) is 11.3 Å². The Morgan fingerprint density at radius 3 is 2.79 bits per heavy atom. The average Bonchev–Trinajstić information content (AvgIpc) is 2.38. The number of nitrogens with two attached hydrogens (primary N) is 1. The van der Waals surface area contributed by atoms with E-state index in [-0.39, 0.29) is 0 Å². The monoisotopic (exact) mass is 318 g/mol. The van der Waals surface area contributed by atoms with Crippen molar-refractivity contribution in [3.05, 3.63) is 40.0 Å². The molecule has 0 fully saturated rings. The minimum Gasteiger partial charge on any atom is -0.339 e. The quantitative estimate of drug-likeness (QED) is 0.593. The maximum absolute atomic E-state index is 9.07. The van der Waals surface area contributed by atoms with Crippen molar-refractivity contribution in [1.82, 2.24) is 9.97 Å². The molecule has 1 heterocycles. The molecule has 7 heteroatoms. The van der Waals surface area contributed by atoms with Gasteiger partial charge in [-0.1, -0.05) is 15.9 Å². The third-order valence-corrected chi connectivity index (χ3v) is 2.84. The number of hydrogen-bond acceptors (Lipinski definition) is 6. The number of hydrogen-bond donors (Lipinski definition) is 3. The number of benzene rings is 1. The van der Waals surface area contributed by atoms with Crippen LogP contribution < -0.4 is 16.6 Å². The van der Waals surface area contributed by atoms with Crippen LogP contribution in [0, 0.1) is 18.3 Å². The van der Waals surface area contributed by atoms with Gasteiger partial charge in [-0.25, -0.2) is 10.8 Å². The molecule has 0 unspecified atom stereocenters. The van der Waals surface area contributed by atoms with Gasteiger partial charge in [0.2, 0.25) is 5.95 Å². The van der Waals surface area contributed by atoms with E-state index in [4.69, 9.17) is 11.1 Å². The summed E-state index contributed by atoms with van der Waals surface area (Å²) in [4.78, 5) is 8.26. The number of aromatic nitrogens is 2. The molecule has 1 aromatic carbocycles. The minimum absolute atomic E-state index is 0.316. The standard InChI is InChI=1S/C12H11BrN6/c1-7-4-11(18-12(16-7)19-15)17-10-5-9(13)3-2-8(10)6-14/h2-5H,15H2,1H3,(H2,16,17,18,19). The van der Waals surface area contributed by atoms with Crippen molar-refractivity contribution < 1.29 is 0 Å². The molecule has 0 saturated heterocycles. The second kappa shape index (κ2) is 5.65. The Balaban J connectivity index is 2.38. The second-order valence-corrected chi connectivity index (χ2v) is 4.70. The lowest BCUT2D eigenvalue weighted by atomic mass is 10.2. The van der Waals surface area contributed by atoms with E-state index in [0.29, 0.717) is 23.0 Å². The van der Waals surface area contributed by atoms with Gasteiger partial charge in [-0.2, -0.15) is 10.2 Å². The molecule has 4 N–H and O–H groups in total. The van der Waals surface area contributed by atoms with Crippen molar-refractivity contribution in [2.45, 2.75) is 6.92 Å². The Kier molecular flexibility index (Phi) is 3.94. The zero-order valence-corrected chi connectivity index (χ0v) is 11.7. The molecule has 0 bridgehead atoms. The van der Waals surface area contributed by atoms with E-state index in [1.807, 2.05) is 19.1 Å². The zero-order valence-electron chi connectivity index (χ0n) is 10.1. The summed E-state index contributed by atoms with van der Waals surface area (Å²) in [6.45, 7) is 1.83. The van der Waals surface area contributed by atoms with Crippen LogP contribution in [0.5, 0.6) is 0 Å². The number of nitrogens with one attached hydrogen (secondary N) is 2. The van der Waals surface area contributed by atoms with Crippen LogP contribution in [0.3, 0.4) is 0 Å². The highest BCUT2D eigenvalue weighted by Gasteiger charge is 2.06. The first-order chi connectivity index (χ1) is 9.12. The number of halogens is 1. The molecule has 0 aliphatic heterocycles. The summed E-state index contributed by atoms with van der Waals surface area (Å²) in [6, 6.07) is 9.23. The summed E-state index contributed by atoms with van der Waals surface area (Å²) in [7, 11) is 0. The molecule has 2 aromatic rings. The summed E-state index contributed by atoms with van der Waals surface area (Å²) in [5.74, 6) is 6.18. The van der Waals surface area contributed by atoms with Crippen LogP contribution in [-0.2, 0) is 0 Å². The van der Waals surface area contributed by atoms with Gasteiger partial charge in [0.15, 0.2) is 0 Å². The first kappa shape index (κ1) is 13.3. The molecule has 1 aromatic heterocycles. The molecule has 6 nitrogen and oxygen atoms in total. The molecule has 0 saturated carbocycles. The Morgan fingerprint density at radius 1 is 1.32 bits per heavy atom. The van der Waals surface area contributed by atoms with E-state index in [1.165, 1.54) is 0 Å². The van der Waals surface area contributed by atoms with Crippen LogP contribution in [0.15, 0.2) is 28.7 Å². The van der Waals surface area contributed by atoms with Crippen molar-refractivity contribution in [3.8, 4) is 6.07 Å². The summed E-state index contributed by atoms with van der Waals surface area (Å²) < 4.78 is 0.872. The Hall–Kier alpha value is -2.17. The van der Waals surface area contributed by atoms with Gasteiger partial charge in [-0.15, -0.1) is 0 Å². The lowest BCUT2D eigenvalue weighted by molar-refractivity contribution is 1.07. The van der Waals surface area contributed by atoms with Gasteiger partial charge in [0.1, 0.15) is 11.9 Å². The molecular formula is C12H11BrN6. The number of nitrogen functional groups attached to an aromatic ring is 1. The Morgan fingerprint density at radius 2 is 2.11 bits per heavy atom. The molecule has 2 rings (SSSR count). The van der Waals surface area contributed by atoms with Crippen LogP contribution in [0.4, 0.5) is 17.5 Å². The summed E-state index contributed by atoms with van der Waals surface area (Å²) >= 11 is 3.37. The molecule has 0 amide bonds. The molecule has 0 aliphatic carbocycles. The molecule has 0 aliphatic rings. The van der Waals surface area contributed by atoms with Gasteiger partial charge < -0.3 is 5.32 Å². The summed E-state index contributed by atoms with van der Waals surface area (Å²) in [5, 5.41) is 12.2. The molecule has 0 radical (unpaired) electrons. The second-order valence-electron chi connectivity index (χ2n) is 3.79. The molecule has 0 spiro atoms. The maximum atomic E-state index is 9.07. The largest absolute Gasteiger partial charge is 0.339 e. The number of rotatable bonds is 3. The molecular weight excluding hydrogens is 308 g/mol. The van der Waals surface area contributed by atoms with Crippen LogP contribution in [0.1, 0.15) is 11.3 Å². The topological polar surface area (TPSA) is 99.7 Å². The highest BCUT2D eigenvalue weighted by Crippen LogP contribution is 2.24. The smallest absolute Gasteiger partial charge is 0.239 e. The summed E-state index contributed by atoms with van der Waals surface area (Å²) in [5.41, 5.74) is 4.35. The van der Waals surface area contributed by atoms with Crippen LogP contribution in [0.25, 0.3) is 0 Å². The number of hydrazine groups is 1. The predicted octanol–water partition coefficient (Wildman–Crippen LogP) is 2.45. The fourth-order valence-corrected chi connectivity index (χ4v) is 1.91. The predicted molar refractivity (Wildman–Crippen MR) is 76.7 cm³/mol. The SMILES string of the molecule is Cc1cc(Nc2cc(Br)ccc2C#N)nc(NN)n1. The van der Waals surface area contributed by atoms with Gasteiger partial charge in [-0.3, -0.25) is 5.43 Å². The number of nitriles is 1. The Bertz CT molecular complexity index is 649. The van der Waals surface area contributed by atoms with E-state index >= 15 is 0 Å². The Labute approximate surface area is 118 Å². The van der Waals surface area contributed by atoms with Crippen molar-refractivity contribution in [2.24, 2.45) is 5.84 Å². The fraction of sp³-hybridized carbons (Fsp3) is 0.0833. The van der Waals surface area contributed by atoms with Gasteiger partial charge in [0, 0.05) is 16.2 Å². The van der Waals surface area contributed by atoms with Crippen molar-refractivity contribution >= 4 is 33.4 Å². The van der Waals surface area contributed by atoms with Crippen molar-refractivity contribution in [2.75, 3.05) is 10.7 Å². The zero-order chi connectivity index (χ0) is 13.8. The molecule has 96 valence electrons. The number of aryl methyl sites for hydroxylation is 1. The average molecular weight is 319 g/mol. The third-order valence-electron chi connectivity index (χ3n) is 2.35. The highest BCUT2D eigenvalue weighted by molar-refractivity contribution is 9.10. The van der Waals surface area contributed by atoms with Gasteiger partial charge in [0.25, 0.3) is 0 Å². The third kappa shape index (κ3) is 3.19. The number of anilines is 3. The van der Waals surface area contributed by atoms with Crippen LogP contribution in [-0.4, -0.2) is 9.97 Å². The van der Waals surface area contributed by atoms with E-state index in [9.17, 15) is 0 Å². The van der Waals surface area contributed by atoms with Crippen molar-refractivity contribution in [3.63, 3.8) is 0 Å². The number of nitrogens with zero attached hydrogens (tertiary/aromatic N) is 3. The van der Waals surface area contributed by atoms with Crippen LogP contribution in [0.2, 0.25) is 0 Å². The fourth-order valence-electron chi connectivity index (χ4n) is 1.55. The summed E-state index contributed by atoms with van der Waals surface area (Å²) in [6.07, 6.45) is 0. The van der Waals surface area contributed by atoms with E-state index in [2.05, 4.69) is 42.7 Å². The van der Waals surface area contributed by atoms with Crippen molar-refractivity contribution in [1.29, 1.82) is 5.26 Å². The lowest BCUT2D eigenvalue weighted by Crippen LogP contribution is -2.12.